The number of carbonyl (C=O) groups is 2. The van der Waals surface area contributed by atoms with Crippen LogP contribution in [0.4, 0.5) is 19.0 Å². The molecule has 26 heavy (non-hydrogen) atoms. The molecule has 0 fully saturated rings. The van der Waals surface area contributed by atoms with Crippen LogP contribution in [0.25, 0.3) is 0 Å². The molecule has 0 aliphatic heterocycles. The molecule has 3 N–H and O–H groups in total. The zero-order chi connectivity index (χ0) is 19.7. The molecule has 2 aromatic heterocycles. The molecule has 0 bridgehead atoms. The number of halogens is 3. The SMILES string of the molecule is CCn1cc(CCNc2ncccc2C(=O)O)nn1.O=C(O)C(F)(F)F. The lowest BCUT2D eigenvalue weighted by molar-refractivity contribution is -0.192. The molecule has 0 radical (unpaired) electrons. The predicted molar refractivity (Wildman–Crippen MR) is 82.8 cm³/mol. The molecule has 142 valence electrons. The number of aryl methyl sites for hydroxylation is 1. The number of aliphatic carboxylic acids is 1. The third-order valence-corrected chi connectivity index (χ3v) is 2.86. The van der Waals surface area contributed by atoms with Gasteiger partial charge in [-0.15, -0.1) is 5.10 Å². The first-order chi connectivity index (χ1) is 12.1. The summed E-state index contributed by atoms with van der Waals surface area (Å²) in [5.41, 5.74) is 1.03. The van der Waals surface area contributed by atoms with Gasteiger partial charge >= 0.3 is 18.1 Å². The average molecular weight is 375 g/mol. The number of nitrogens with zero attached hydrogens (tertiary/aromatic N) is 4. The average Bonchev–Trinajstić information content (AvgIpc) is 3.03. The summed E-state index contributed by atoms with van der Waals surface area (Å²) in [5, 5.41) is 27.1. The zero-order valence-electron chi connectivity index (χ0n) is 13.6. The highest BCUT2D eigenvalue weighted by Crippen LogP contribution is 2.13. The van der Waals surface area contributed by atoms with Gasteiger partial charge in [-0.2, -0.15) is 13.2 Å². The second-order valence-electron chi connectivity index (χ2n) is 4.75. The van der Waals surface area contributed by atoms with Crippen molar-refractivity contribution in [2.24, 2.45) is 0 Å². The topological polar surface area (TPSA) is 130 Å². The van der Waals surface area contributed by atoms with Crippen LogP contribution in [0.1, 0.15) is 23.0 Å². The molecule has 0 aliphatic rings. The number of pyridine rings is 1. The van der Waals surface area contributed by atoms with Gasteiger partial charge in [0.2, 0.25) is 0 Å². The highest BCUT2D eigenvalue weighted by molar-refractivity contribution is 5.92. The number of carboxylic acids is 2. The largest absolute Gasteiger partial charge is 0.490 e. The smallest absolute Gasteiger partial charge is 0.478 e. The van der Waals surface area contributed by atoms with Gasteiger partial charge in [0.15, 0.2) is 0 Å². The second-order valence-corrected chi connectivity index (χ2v) is 4.75. The van der Waals surface area contributed by atoms with Gasteiger partial charge in [-0.05, 0) is 19.1 Å². The minimum absolute atomic E-state index is 0.166. The van der Waals surface area contributed by atoms with Gasteiger partial charge in [0.1, 0.15) is 11.4 Å². The van der Waals surface area contributed by atoms with Crippen LogP contribution in [-0.4, -0.2) is 54.9 Å². The van der Waals surface area contributed by atoms with Crippen molar-refractivity contribution in [2.45, 2.75) is 26.1 Å². The van der Waals surface area contributed by atoms with E-state index in [1.54, 1.807) is 16.9 Å². The Morgan fingerprint density at radius 2 is 1.96 bits per heavy atom. The van der Waals surface area contributed by atoms with E-state index in [-0.39, 0.29) is 5.56 Å². The summed E-state index contributed by atoms with van der Waals surface area (Å²) >= 11 is 0. The van der Waals surface area contributed by atoms with Gasteiger partial charge < -0.3 is 15.5 Å². The number of anilines is 1. The van der Waals surface area contributed by atoms with E-state index < -0.39 is 18.1 Å². The first kappa shape index (κ1) is 20.9. The van der Waals surface area contributed by atoms with Crippen LogP contribution >= 0.6 is 0 Å². The number of rotatable bonds is 6. The lowest BCUT2D eigenvalue weighted by Crippen LogP contribution is -2.21. The van der Waals surface area contributed by atoms with E-state index in [1.807, 2.05) is 13.1 Å². The number of aromatic nitrogens is 4. The van der Waals surface area contributed by atoms with Crippen LogP contribution < -0.4 is 5.32 Å². The Balaban J connectivity index is 0.000000412. The molecule has 0 unspecified atom stereocenters. The summed E-state index contributed by atoms with van der Waals surface area (Å²) in [7, 11) is 0. The van der Waals surface area contributed by atoms with Gasteiger partial charge in [0.05, 0.1) is 5.69 Å². The van der Waals surface area contributed by atoms with Crippen LogP contribution in [0, 0.1) is 0 Å². The molecule has 0 saturated carbocycles. The van der Waals surface area contributed by atoms with Crippen molar-refractivity contribution in [1.82, 2.24) is 20.0 Å². The maximum Gasteiger partial charge on any atom is 0.490 e. The van der Waals surface area contributed by atoms with Crippen molar-refractivity contribution in [3.05, 3.63) is 35.8 Å². The molecule has 0 aromatic carbocycles. The fourth-order valence-electron chi connectivity index (χ4n) is 1.64. The van der Waals surface area contributed by atoms with Gasteiger partial charge in [-0.1, -0.05) is 5.21 Å². The molecule has 0 atom stereocenters. The summed E-state index contributed by atoms with van der Waals surface area (Å²) in [6.07, 6.45) is -0.990. The van der Waals surface area contributed by atoms with Crippen LogP contribution in [0.5, 0.6) is 0 Å². The molecule has 2 heterocycles. The van der Waals surface area contributed by atoms with E-state index in [0.717, 1.165) is 12.2 Å². The lowest BCUT2D eigenvalue weighted by atomic mass is 10.2. The van der Waals surface area contributed by atoms with Crippen LogP contribution in [0.2, 0.25) is 0 Å². The van der Waals surface area contributed by atoms with E-state index in [1.165, 1.54) is 6.07 Å². The molecule has 0 aliphatic carbocycles. The standard InChI is InChI=1S/C12H15N5O2.C2HF3O2/c1-2-17-8-9(15-16-17)5-7-14-11-10(12(18)19)4-3-6-13-11;3-2(4,5)1(6)7/h3-4,6,8H,2,5,7H2,1H3,(H,13,14)(H,18,19);(H,6,7). The number of nitrogens with one attached hydrogen (secondary N) is 1. The third kappa shape index (κ3) is 6.75. The lowest BCUT2D eigenvalue weighted by Gasteiger charge is -2.06. The molecule has 0 spiro atoms. The molecular formula is C14H16F3N5O4. The van der Waals surface area contributed by atoms with Crippen molar-refractivity contribution < 1.29 is 33.0 Å². The fraction of sp³-hybridized carbons (Fsp3) is 0.357. The highest BCUT2D eigenvalue weighted by Gasteiger charge is 2.38. The first-order valence-corrected chi connectivity index (χ1v) is 7.26. The van der Waals surface area contributed by atoms with Crippen molar-refractivity contribution >= 4 is 17.8 Å². The Kier molecular flexibility index (Phi) is 7.50. The van der Waals surface area contributed by atoms with Crippen molar-refractivity contribution in [1.29, 1.82) is 0 Å². The molecule has 9 nitrogen and oxygen atoms in total. The molecular weight excluding hydrogens is 359 g/mol. The fourth-order valence-corrected chi connectivity index (χ4v) is 1.64. The maximum absolute atomic E-state index is 11.0. The highest BCUT2D eigenvalue weighted by atomic mass is 19.4. The Morgan fingerprint density at radius 3 is 2.46 bits per heavy atom. The quantitative estimate of drug-likeness (QED) is 0.695. The molecule has 0 amide bonds. The van der Waals surface area contributed by atoms with Crippen LogP contribution in [-0.2, 0) is 17.8 Å². The number of hydrogen-bond donors (Lipinski definition) is 3. The monoisotopic (exact) mass is 375 g/mol. The predicted octanol–water partition coefficient (Wildman–Crippen LogP) is 1.68. The van der Waals surface area contributed by atoms with Gasteiger partial charge in [-0.3, -0.25) is 4.68 Å². The second kappa shape index (κ2) is 9.34. The van der Waals surface area contributed by atoms with E-state index in [9.17, 15) is 18.0 Å². The normalized spacial score (nSPS) is 10.6. The number of carboxylic acid groups (broad SMARTS) is 2. The van der Waals surface area contributed by atoms with Gasteiger partial charge in [-0.25, -0.2) is 14.6 Å². The summed E-state index contributed by atoms with van der Waals surface area (Å²) in [6, 6.07) is 3.12. The van der Waals surface area contributed by atoms with Crippen molar-refractivity contribution in [3.8, 4) is 0 Å². The first-order valence-electron chi connectivity index (χ1n) is 7.26. The van der Waals surface area contributed by atoms with E-state index in [0.29, 0.717) is 18.8 Å². The summed E-state index contributed by atoms with van der Waals surface area (Å²) in [5.74, 6) is -3.38. The molecule has 0 saturated heterocycles. The van der Waals surface area contributed by atoms with Crippen molar-refractivity contribution in [2.75, 3.05) is 11.9 Å². The molecule has 12 heteroatoms. The Hall–Kier alpha value is -3.18. The molecule has 2 aromatic rings. The Bertz CT molecular complexity index is 748. The summed E-state index contributed by atoms with van der Waals surface area (Å²) < 4.78 is 33.5. The zero-order valence-corrected chi connectivity index (χ0v) is 13.6. The summed E-state index contributed by atoms with van der Waals surface area (Å²) in [6.45, 7) is 3.33. The third-order valence-electron chi connectivity index (χ3n) is 2.86. The Morgan fingerprint density at radius 1 is 1.31 bits per heavy atom. The summed E-state index contributed by atoms with van der Waals surface area (Å²) in [4.78, 5) is 23.9. The van der Waals surface area contributed by atoms with E-state index in [4.69, 9.17) is 15.0 Å². The van der Waals surface area contributed by atoms with Gasteiger partial charge in [0.25, 0.3) is 0 Å². The Labute approximate surface area is 145 Å². The molecule has 2 rings (SSSR count). The van der Waals surface area contributed by atoms with Crippen LogP contribution in [0.15, 0.2) is 24.5 Å². The number of alkyl halides is 3. The van der Waals surface area contributed by atoms with E-state index >= 15 is 0 Å². The minimum atomic E-state index is -5.08. The number of aromatic carboxylic acids is 1. The van der Waals surface area contributed by atoms with Crippen LogP contribution in [0.3, 0.4) is 0 Å². The maximum atomic E-state index is 11.0. The van der Waals surface area contributed by atoms with Gasteiger partial charge in [0, 0.05) is 31.9 Å². The minimum Gasteiger partial charge on any atom is -0.478 e. The number of hydrogen-bond acceptors (Lipinski definition) is 6. The van der Waals surface area contributed by atoms with E-state index in [2.05, 4.69) is 20.6 Å². The van der Waals surface area contributed by atoms with Crippen molar-refractivity contribution in [3.63, 3.8) is 0 Å².